The van der Waals surface area contributed by atoms with Crippen LogP contribution in [0.2, 0.25) is 0 Å². The van der Waals surface area contributed by atoms with Crippen molar-refractivity contribution in [3.05, 3.63) is 27.3 Å². The van der Waals surface area contributed by atoms with Gasteiger partial charge in [-0.15, -0.1) is 0 Å². The molecule has 1 aromatic carbocycles. The van der Waals surface area contributed by atoms with Crippen molar-refractivity contribution in [2.45, 2.75) is 25.5 Å². The van der Waals surface area contributed by atoms with Crippen LogP contribution < -0.4 is 10.5 Å². The summed E-state index contributed by atoms with van der Waals surface area (Å²) in [6.07, 6.45) is 2.83. The Labute approximate surface area is 91.6 Å². The Morgan fingerprint density at radius 2 is 2.23 bits per heavy atom. The van der Waals surface area contributed by atoms with Crippen LogP contribution in [0.4, 0.5) is 0 Å². The van der Waals surface area contributed by atoms with Crippen LogP contribution >= 0.6 is 22.6 Å². The number of hydrogen-bond donors (Lipinski definition) is 1. The Morgan fingerprint density at radius 3 is 2.85 bits per heavy atom. The first-order chi connectivity index (χ1) is 6.29. The summed E-state index contributed by atoms with van der Waals surface area (Å²) in [5, 5.41) is 0. The van der Waals surface area contributed by atoms with Gasteiger partial charge in [-0.2, -0.15) is 0 Å². The second-order valence-corrected chi connectivity index (χ2v) is 4.52. The van der Waals surface area contributed by atoms with Crippen molar-refractivity contribution in [2.24, 2.45) is 5.73 Å². The van der Waals surface area contributed by atoms with Crippen molar-refractivity contribution in [2.75, 3.05) is 0 Å². The van der Waals surface area contributed by atoms with Crippen LogP contribution in [0.5, 0.6) is 5.75 Å². The Balaban J connectivity index is 2.22. The minimum absolute atomic E-state index is 0.448. The van der Waals surface area contributed by atoms with Crippen molar-refractivity contribution >= 4 is 22.6 Å². The topological polar surface area (TPSA) is 35.2 Å². The number of hydrogen-bond acceptors (Lipinski definition) is 2. The molecule has 0 heterocycles. The van der Waals surface area contributed by atoms with E-state index in [1.54, 1.807) is 0 Å². The average Bonchev–Trinajstić information content (AvgIpc) is 2.89. The molecule has 2 nitrogen and oxygen atoms in total. The van der Waals surface area contributed by atoms with E-state index in [1.165, 1.54) is 16.4 Å². The van der Waals surface area contributed by atoms with Gasteiger partial charge in [-0.05, 0) is 47.6 Å². The van der Waals surface area contributed by atoms with Crippen molar-refractivity contribution in [3.8, 4) is 5.75 Å². The van der Waals surface area contributed by atoms with Crippen LogP contribution in [0.15, 0.2) is 18.2 Å². The van der Waals surface area contributed by atoms with Crippen LogP contribution in [0.1, 0.15) is 18.4 Å². The van der Waals surface area contributed by atoms with Crippen LogP contribution in [0, 0.1) is 3.57 Å². The zero-order valence-electron chi connectivity index (χ0n) is 7.29. The predicted molar refractivity (Wildman–Crippen MR) is 60.7 cm³/mol. The smallest absolute Gasteiger partial charge is 0.125 e. The molecule has 0 aliphatic heterocycles. The largest absolute Gasteiger partial charge is 0.490 e. The molecule has 1 saturated carbocycles. The standard InChI is InChI=1S/C10H12INO/c11-8-2-1-7(6-12)10(5-8)13-9-3-4-9/h1-2,5,9H,3-4,6,12H2. The van der Waals surface area contributed by atoms with Gasteiger partial charge in [0.05, 0.1) is 6.10 Å². The van der Waals surface area contributed by atoms with E-state index in [-0.39, 0.29) is 0 Å². The van der Waals surface area contributed by atoms with Gasteiger partial charge in [0.15, 0.2) is 0 Å². The second-order valence-electron chi connectivity index (χ2n) is 3.27. The molecule has 0 radical (unpaired) electrons. The molecule has 0 atom stereocenters. The summed E-state index contributed by atoms with van der Waals surface area (Å²) in [6, 6.07) is 6.16. The number of nitrogens with two attached hydrogens (primary N) is 1. The summed E-state index contributed by atoms with van der Waals surface area (Å²) >= 11 is 2.28. The summed E-state index contributed by atoms with van der Waals surface area (Å²) in [5.41, 5.74) is 6.72. The molecule has 0 aromatic heterocycles. The zero-order chi connectivity index (χ0) is 9.26. The highest BCUT2D eigenvalue weighted by atomic mass is 127. The fourth-order valence-electron chi connectivity index (χ4n) is 1.17. The van der Waals surface area contributed by atoms with E-state index >= 15 is 0 Å². The molecule has 2 N–H and O–H groups in total. The SMILES string of the molecule is NCc1ccc(I)cc1OC1CC1. The van der Waals surface area contributed by atoms with E-state index in [0.29, 0.717) is 12.6 Å². The molecule has 2 rings (SSSR count). The second kappa shape index (κ2) is 3.84. The lowest BCUT2D eigenvalue weighted by molar-refractivity contribution is 0.300. The Morgan fingerprint density at radius 1 is 1.46 bits per heavy atom. The molecule has 13 heavy (non-hydrogen) atoms. The lowest BCUT2D eigenvalue weighted by Crippen LogP contribution is -2.03. The summed E-state index contributed by atoms with van der Waals surface area (Å²) in [7, 11) is 0. The van der Waals surface area contributed by atoms with E-state index in [4.69, 9.17) is 10.5 Å². The maximum absolute atomic E-state index is 5.74. The van der Waals surface area contributed by atoms with E-state index in [1.807, 2.05) is 6.07 Å². The van der Waals surface area contributed by atoms with Gasteiger partial charge in [0.2, 0.25) is 0 Å². The van der Waals surface area contributed by atoms with Gasteiger partial charge in [0.25, 0.3) is 0 Å². The third-order valence-corrected chi connectivity index (χ3v) is 2.74. The fraction of sp³-hybridized carbons (Fsp3) is 0.400. The minimum Gasteiger partial charge on any atom is -0.490 e. The normalized spacial score (nSPS) is 15.8. The molecule has 3 heteroatoms. The van der Waals surface area contributed by atoms with Crippen molar-refractivity contribution in [1.82, 2.24) is 0 Å². The number of halogens is 1. The van der Waals surface area contributed by atoms with E-state index in [9.17, 15) is 0 Å². The van der Waals surface area contributed by atoms with E-state index in [0.717, 1.165) is 11.3 Å². The molecular formula is C10H12INO. The molecule has 0 bridgehead atoms. The molecule has 1 aliphatic rings. The van der Waals surface area contributed by atoms with Crippen LogP contribution in [-0.2, 0) is 6.54 Å². The van der Waals surface area contributed by atoms with Gasteiger partial charge in [-0.1, -0.05) is 6.07 Å². The van der Waals surface area contributed by atoms with E-state index in [2.05, 4.69) is 34.7 Å². The number of rotatable bonds is 3. The lowest BCUT2D eigenvalue weighted by Gasteiger charge is -2.09. The molecule has 1 aliphatic carbocycles. The molecule has 1 aromatic rings. The minimum atomic E-state index is 0.448. The average molecular weight is 289 g/mol. The first-order valence-electron chi connectivity index (χ1n) is 4.45. The third kappa shape index (κ3) is 2.34. The maximum atomic E-state index is 5.74. The Bertz CT molecular complexity index is 310. The quantitative estimate of drug-likeness (QED) is 0.867. The molecule has 0 saturated heterocycles. The lowest BCUT2D eigenvalue weighted by atomic mass is 10.2. The van der Waals surface area contributed by atoms with Crippen molar-refractivity contribution in [3.63, 3.8) is 0 Å². The van der Waals surface area contributed by atoms with Gasteiger partial charge in [-0.25, -0.2) is 0 Å². The summed E-state index contributed by atoms with van der Waals surface area (Å²) in [5.74, 6) is 0.969. The monoisotopic (exact) mass is 289 g/mol. The van der Waals surface area contributed by atoms with Gasteiger partial charge < -0.3 is 10.5 Å². The van der Waals surface area contributed by atoms with Crippen LogP contribution in [-0.4, -0.2) is 6.10 Å². The van der Waals surface area contributed by atoms with Crippen LogP contribution in [0.25, 0.3) is 0 Å². The molecule has 1 fully saturated rings. The summed E-state index contributed by atoms with van der Waals surface area (Å²) < 4.78 is 6.94. The molecule has 0 amide bonds. The van der Waals surface area contributed by atoms with E-state index < -0.39 is 0 Å². The predicted octanol–water partition coefficient (Wildman–Crippen LogP) is 2.29. The van der Waals surface area contributed by atoms with Gasteiger partial charge in [0, 0.05) is 15.7 Å². The summed E-state index contributed by atoms with van der Waals surface area (Å²) in [4.78, 5) is 0. The molecular weight excluding hydrogens is 277 g/mol. The van der Waals surface area contributed by atoms with Gasteiger partial charge in [-0.3, -0.25) is 0 Å². The highest BCUT2D eigenvalue weighted by Crippen LogP contribution is 2.30. The Kier molecular flexibility index (Phi) is 2.74. The first kappa shape index (κ1) is 9.27. The van der Waals surface area contributed by atoms with Gasteiger partial charge in [0.1, 0.15) is 5.75 Å². The number of benzene rings is 1. The van der Waals surface area contributed by atoms with Crippen LogP contribution in [0.3, 0.4) is 0 Å². The Hall–Kier alpha value is -0.290. The number of ether oxygens (including phenoxy) is 1. The van der Waals surface area contributed by atoms with Gasteiger partial charge >= 0.3 is 0 Å². The summed E-state index contributed by atoms with van der Waals surface area (Å²) in [6.45, 7) is 0.555. The maximum Gasteiger partial charge on any atom is 0.125 e. The third-order valence-electron chi connectivity index (χ3n) is 2.07. The highest BCUT2D eigenvalue weighted by Gasteiger charge is 2.24. The molecule has 70 valence electrons. The zero-order valence-corrected chi connectivity index (χ0v) is 9.45. The molecule has 0 spiro atoms. The molecule has 0 unspecified atom stereocenters. The highest BCUT2D eigenvalue weighted by molar-refractivity contribution is 14.1. The van der Waals surface area contributed by atoms with Crippen molar-refractivity contribution in [1.29, 1.82) is 0 Å². The van der Waals surface area contributed by atoms with Crippen molar-refractivity contribution < 1.29 is 4.74 Å². The first-order valence-corrected chi connectivity index (χ1v) is 5.52. The fourth-order valence-corrected chi connectivity index (χ4v) is 1.63.